The zero-order valence-electron chi connectivity index (χ0n) is 7.84. The third-order valence-corrected chi connectivity index (χ3v) is 1.66. The van der Waals surface area contributed by atoms with Crippen molar-refractivity contribution in [1.29, 1.82) is 0 Å². The molecule has 68 valence electrons. The van der Waals surface area contributed by atoms with E-state index in [2.05, 4.69) is 29.6 Å². The molecule has 0 atom stereocenters. The molecule has 0 radical (unpaired) electrons. The van der Waals surface area contributed by atoms with Crippen LogP contribution in [0.25, 0.3) is 0 Å². The second-order valence-corrected chi connectivity index (χ2v) is 2.57. The number of terminal acetylenes is 1. The molecule has 0 aliphatic rings. The monoisotopic (exact) mass is 166 g/mol. The van der Waals surface area contributed by atoms with Crippen LogP contribution in [-0.4, -0.2) is 37.6 Å². The Kier molecular flexibility index (Phi) is 7.78. The van der Waals surface area contributed by atoms with Gasteiger partial charge in [-0.05, 0) is 6.54 Å². The third kappa shape index (κ3) is 5.96. The summed E-state index contributed by atoms with van der Waals surface area (Å²) in [4.78, 5) is 2.22. The van der Waals surface area contributed by atoms with Crippen LogP contribution in [0.1, 0.15) is 6.92 Å². The van der Waals surface area contributed by atoms with E-state index in [4.69, 9.17) is 6.42 Å². The van der Waals surface area contributed by atoms with E-state index < -0.39 is 0 Å². The molecule has 0 fully saturated rings. The molecule has 0 aromatic carbocycles. The molecule has 0 spiro atoms. The van der Waals surface area contributed by atoms with Gasteiger partial charge in [0.2, 0.25) is 0 Å². The van der Waals surface area contributed by atoms with Gasteiger partial charge in [0.15, 0.2) is 0 Å². The van der Waals surface area contributed by atoms with Crippen molar-refractivity contribution >= 4 is 0 Å². The van der Waals surface area contributed by atoms with Crippen molar-refractivity contribution in [3.63, 3.8) is 0 Å². The van der Waals surface area contributed by atoms with Gasteiger partial charge in [-0.3, -0.25) is 4.90 Å². The van der Waals surface area contributed by atoms with Crippen LogP contribution in [0.3, 0.4) is 0 Å². The molecule has 0 bridgehead atoms. The Balaban J connectivity index is 3.32. The van der Waals surface area contributed by atoms with Crippen molar-refractivity contribution in [2.75, 3.05) is 32.7 Å². The molecule has 0 unspecified atom stereocenters. The first kappa shape index (κ1) is 11.2. The van der Waals surface area contributed by atoms with Crippen LogP contribution in [0.5, 0.6) is 0 Å². The Morgan fingerprint density at radius 1 is 1.67 bits per heavy atom. The largest absolute Gasteiger partial charge is 0.312 e. The number of nitrogens with one attached hydrogen (secondary N) is 1. The summed E-state index contributed by atoms with van der Waals surface area (Å²) >= 11 is 0. The SMILES string of the molecule is C#CCN(CC)CCNCC=C. The first-order chi connectivity index (χ1) is 5.85. The fraction of sp³-hybridized carbons (Fsp3) is 0.600. The molecule has 1 N–H and O–H groups in total. The Morgan fingerprint density at radius 3 is 2.92 bits per heavy atom. The fourth-order valence-electron chi connectivity index (χ4n) is 0.919. The topological polar surface area (TPSA) is 15.3 Å². The second-order valence-electron chi connectivity index (χ2n) is 2.57. The van der Waals surface area contributed by atoms with Gasteiger partial charge < -0.3 is 5.32 Å². The summed E-state index contributed by atoms with van der Waals surface area (Å²) in [7, 11) is 0. The molecule has 2 nitrogen and oxygen atoms in total. The number of hydrogen-bond acceptors (Lipinski definition) is 2. The molecule has 0 aromatic rings. The van der Waals surface area contributed by atoms with Gasteiger partial charge in [-0.15, -0.1) is 13.0 Å². The summed E-state index contributed by atoms with van der Waals surface area (Å²) in [5, 5.41) is 3.23. The summed E-state index contributed by atoms with van der Waals surface area (Å²) in [6.45, 7) is 10.3. The Bertz CT molecular complexity index is 146. The maximum absolute atomic E-state index is 5.21. The first-order valence-electron chi connectivity index (χ1n) is 4.32. The predicted octanol–water partition coefficient (Wildman–Crippen LogP) is 0.717. The van der Waals surface area contributed by atoms with Crippen LogP contribution in [0.15, 0.2) is 12.7 Å². The van der Waals surface area contributed by atoms with E-state index in [-0.39, 0.29) is 0 Å². The molecule has 0 saturated heterocycles. The van der Waals surface area contributed by atoms with E-state index in [1.54, 1.807) is 0 Å². The quantitative estimate of drug-likeness (QED) is 0.340. The van der Waals surface area contributed by atoms with Gasteiger partial charge in [-0.1, -0.05) is 18.9 Å². The molecule has 0 aromatic heterocycles. The van der Waals surface area contributed by atoms with Crippen LogP contribution >= 0.6 is 0 Å². The predicted molar refractivity (Wildman–Crippen MR) is 54.0 cm³/mol. The van der Waals surface area contributed by atoms with Crippen molar-refractivity contribution in [3.8, 4) is 12.3 Å². The first-order valence-corrected chi connectivity index (χ1v) is 4.32. The minimum atomic E-state index is 0.742. The lowest BCUT2D eigenvalue weighted by Gasteiger charge is -2.16. The highest BCUT2D eigenvalue weighted by Gasteiger charge is 1.97. The molecule has 0 rings (SSSR count). The Morgan fingerprint density at radius 2 is 2.42 bits per heavy atom. The molecular weight excluding hydrogens is 148 g/mol. The Labute approximate surface area is 75.6 Å². The second kappa shape index (κ2) is 8.32. The average molecular weight is 166 g/mol. The number of hydrogen-bond donors (Lipinski definition) is 1. The van der Waals surface area contributed by atoms with Gasteiger partial charge in [-0.2, -0.15) is 0 Å². The van der Waals surface area contributed by atoms with Crippen LogP contribution in [0.4, 0.5) is 0 Å². The zero-order chi connectivity index (χ0) is 9.23. The fourth-order valence-corrected chi connectivity index (χ4v) is 0.919. The number of nitrogens with zero attached hydrogens (tertiary/aromatic N) is 1. The van der Waals surface area contributed by atoms with Gasteiger partial charge in [0.25, 0.3) is 0 Å². The maximum Gasteiger partial charge on any atom is 0.0599 e. The minimum Gasteiger partial charge on any atom is -0.312 e. The zero-order valence-corrected chi connectivity index (χ0v) is 7.84. The van der Waals surface area contributed by atoms with E-state index >= 15 is 0 Å². The highest BCUT2D eigenvalue weighted by atomic mass is 15.1. The molecule has 0 aliphatic heterocycles. The minimum absolute atomic E-state index is 0.742. The summed E-state index contributed by atoms with van der Waals surface area (Å²) in [5.41, 5.74) is 0. The van der Waals surface area contributed by atoms with Crippen LogP contribution in [0.2, 0.25) is 0 Å². The highest BCUT2D eigenvalue weighted by Crippen LogP contribution is 1.83. The van der Waals surface area contributed by atoms with E-state index in [0.29, 0.717) is 0 Å². The van der Waals surface area contributed by atoms with Crippen molar-refractivity contribution < 1.29 is 0 Å². The lowest BCUT2D eigenvalue weighted by molar-refractivity contribution is 0.324. The van der Waals surface area contributed by atoms with Crippen molar-refractivity contribution in [2.24, 2.45) is 0 Å². The molecule has 12 heavy (non-hydrogen) atoms. The van der Waals surface area contributed by atoms with E-state index in [9.17, 15) is 0 Å². The normalized spacial score (nSPS) is 9.75. The average Bonchev–Trinajstić information content (AvgIpc) is 2.10. The third-order valence-electron chi connectivity index (χ3n) is 1.66. The molecule has 2 heteroatoms. The number of likely N-dealkylation sites (N-methyl/N-ethyl adjacent to an activating group) is 1. The van der Waals surface area contributed by atoms with E-state index in [1.165, 1.54) is 0 Å². The van der Waals surface area contributed by atoms with Crippen molar-refractivity contribution in [1.82, 2.24) is 10.2 Å². The van der Waals surface area contributed by atoms with Gasteiger partial charge >= 0.3 is 0 Å². The molecular formula is C10H18N2. The van der Waals surface area contributed by atoms with Crippen molar-refractivity contribution in [2.45, 2.75) is 6.92 Å². The van der Waals surface area contributed by atoms with Gasteiger partial charge in [-0.25, -0.2) is 0 Å². The van der Waals surface area contributed by atoms with Crippen LogP contribution < -0.4 is 5.32 Å². The Hall–Kier alpha value is -0.780. The highest BCUT2D eigenvalue weighted by molar-refractivity contribution is 4.88. The number of rotatable bonds is 7. The van der Waals surface area contributed by atoms with Gasteiger partial charge in [0, 0.05) is 19.6 Å². The standard InChI is InChI=1S/C10H18N2/c1-4-7-11-8-10-12(6-3)9-5-2/h2,4,11H,1,6-10H2,3H3. The summed E-state index contributed by atoms with van der Waals surface area (Å²) < 4.78 is 0. The van der Waals surface area contributed by atoms with Crippen LogP contribution in [-0.2, 0) is 0 Å². The van der Waals surface area contributed by atoms with E-state index in [1.807, 2.05) is 6.08 Å². The molecule has 0 heterocycles. The molecule has 0 saturated carbocycles. The summed E-state index contributed by atoms with van der Waals surface area (Å²) in [5.74, 6) is 2.64. The van der Waals surface area contributed by atoms with E-state index in [0.717, 1.165) is 32.7 Å². The maximum atomic E-state index is 5.21. The smallest absolute Gasteiger partial charge is 0.0599 e. The lowest BCUT2D eigenvalue weighted by Crippen LogP contribution is -2.32. The van der Waals surface area contributed by atoms with Gasteiger partial charge in [0.1, 0.15) is 0 Å². The lowest BCUT2D eigenvalue weighted by atomic mass is 10.4. The summed E-state index contributed by atoms with van der Waals surface area (Å²) in [6.07, 6.45) is 7.07. The molecule has 0 aliphatic carbocycles. The van der Waals surface area contributed by atoms with Crippen LogP contribution in [0, 0.1) is 12.3 Å². The van der Waals surface area contributed by atoms with Gasteiger partial charge in [0.05, 0.1) is 6.54 Å². The molecule has 0 amide bonds. The summed E-state index contributed by atoms with van der Waals surface area (Å²) in [6, 6.07) is 0. The van der Waals surface area contributed by atoms with Crippen molar-refractivity contribution in [3.05, 3.63) is 12.7 Å².